The van der Waals surface area contributed by atoms with Crippen LogP contribution in [0.2, 0.25) is 5.02 Å². The van der Waals surface area contributed by atoms with Crippen molar-refractivity contribution in [3.8, 4) is 5.75 Å². The molecule has 0 aromatic heterocycles. The summed E-state index contributed by atoms with van der Waals surface area (Å²) in [6, 6.07) is 5.09. The summed E-state index contributed by atoms with van der Waals surface area (Å²) < 4.78 is 10.8. The molecule has 0 spiro atoms. The first-order chi connectivity index (χ1) is 16.5. The number of carbonyl (C=O) groups is 2. The first-order valence-corrected chi connectivity index (χ1v) is 13.1. The lowest BCUT2D eigenvalue weighted by atomic mass is 9.94. The second-order valence-electron chi connectivity index (χ2n) is 9.25. The molecule has 2 fully saturated rings. The van der Waals surface area contributed by atoms with Gasteiger partial charge in [-0.25, -0.2) is 0 Å². The lowest BCUT2D eigenvalue weighted by Gasteiger charge is -2.35. The molecule has 0 unspecified atom stereocenters. The van der Waals surface area contributed by atoms with Crippen molar-refractivity contribution in [2.75, 3.05) is 66.1 Å². The van der Waals surface area contributed by atoms with E-state index in [9.17, 15) is 9.59 Å². The fraction of sp³-hybridized carbons (Fsp3) is 0.692. The maximum atomic E-state index is 13.5. The lowest BCUT2D eigenvalue weighted by Crippen LogP contribution is -2.47. The third-order valence-corrected chi connectivity index (χ3v) is 7.14. The molecule has 3 rings (SSSR count). The first kappa shape index (κ1) is 26.8. The van der Waals surface area contributed by atoms with E-state index in [1.165, 1.54) is 12.8 Å². The van der Waals surface area contributed by atoms with Gasteiger partial charge in [0.25, 0.3) is 5.91 Å². The van der Waals surface area contributed by atoms with E-state index in [4.69, 9.17) is 21.1 Å². The number of piperidine rings is 1. The van der Waals surface area contributed by atoms with Gasteiger partial charge in [0.2, 0.25) is 5.91 Å². The van der Waals surface area contributed by atoms with Crippen molar-refractivity contribution in [2.45, 2.75) is 45.4 Å². The molecule has 1 aromatic carbocycles. The van der Waals surface area contributed by atoms with E-state index in [0.717, 1.165) is 58.8 Å². The fourth-order valence-corrected chi connectivity index (χ4v) is 4.93. The number of morpholine rings is 1. The van der Waals surface area contributed by atoms with E-state index >= 15 is 0 Å². The van der Waals surface area contributed by atoms with Gasteiger partial charge in [0, 0.05) is 56.8 Å². The number of hydrogen-bond acceptors (Lipinski definition) is 5. The summed E-state index contributed by atoms with van der Waals surface area (Å²) in [5, 5.41) is 0.508. The van der Waals surface area contributed by atoms with E-state index < -0.39 is 0 Å². The summed E-state index contributed by atoms with van der Waals surface area (Å²) in [5.74, 6) is 0.654. The molecule has 2 amide bonds. The van der Waals surface area contributed by atoms with Crippen LogP contribution in [0, 0.1) is 5.92 Å². The van der Waals surface area contributed by atoms with Crippen LogP contribution in [0.15, 0.2) is 18.2 Å². The zero-order valence-corrected chi connectivity index (χ0v) is 21.5. The molecule has 2 aliphatic rings. The summed E-state index contributed by atoms with van der Waals surface area (Å²) in [6.45, 7) is 9.24. The molecule has 0 saturated carbocycles. The predicted molar refractivity (Wildman–Crippen MR) is 135 cm³/mol. The van der Waals surface area contributed by atoms with Crippen molar-refractivity contribution in [1.82, 2.24) is 14.7 Å². The average molecular weight is 494 g/mol. The Morgan fingerprint density at radius 1 is 1.09 bits per heavy atom. The number of unbranched alkanes of at least 4 members (excludes halogenated alkanes) is 3. The summed E-state index contributed by atoms with van der Waals surface area (Å²) in [5.41, 5.74) is 0.475. The van der Waals surface area contributed by atoms with Crippen molar-refractivity contribution >= 4 is 23.4 Å². The number of methoxy groups -OCH3 is 1. The molecule has 0 bridgehead atoms. The number of nitrogens with zero attached hydrogens (tertiary/aromatic N) is 3. The number of benzene rings is 1. The minimum atomic E-state index is -0.0889. The number of carbonyl (C=O) groups excluding carboxylic acids is 2. The summed E-state index contributed by atoms with van der Waals surface area (Å²) >= 11 is 6.12. The Morgan fingerprint density at radius 3 is 2.50 bits per heavy atom. The van der Waals surface area contributed by atoms with Crippen LogP contribution in [0.1, 0.15) is 55.8 Å². The molecule has 34 heavy (non-hydrogen) atoms. The SMILES string of the molecule is CCCCCCN(CCN1CCOCC1)C(=O)C1CCN(C(=O)c2cc(Cl)ccc2OC)CC1. The Hall–Kier alpha value is -1.83. The third-order valence-electron chi connectivity index (χ3n) is 6.91. The van der Waals surface area contributed by atoms with Gasteiger partial charge in [0.1, 0.15) is 5.75 Å². The van der Waals surface area contributed by atoms with Crippen molar-refractivity contribution in [1.29, 1.82) is 0 Å². The molecule has 190 valence electrons. The van der Waals surface area contributed by atoms with Gasteiger partial charge in [0.05, 0.1) is 25.9 Å². The van der Waals surface area contributed by atoms with Crippen molar-refractivity contribution in [3.63, 3.8) is 0 Å². The van der Waals surface area contributed by atoms with Gasteiger partial charge in [-0.1, -0.05) is 37.8 Å². The Kier molecular flexibility index (Phi) is 10.9. The van der Waals surface area contributed by atoms with Gasteiger partial charge in [-0.05, 0) is 37.5 Å². The van der Waals surface area contributed by atoms with Crippen LogP contribution in [-0.2, 0) is 9.53 Å². The van der Waals surface area contributed by atoms with E-state index in [1.807, 2.05) is 4.90 Å². The summed E-state index contributed by atoms with van der Waals surface area (Å²) in [4.78, 5) is 32.8. The zero-order chi connectivity index (χ0) is 24.3. The molecule has 7 nitrogen and oxygen atoms in total. The highest BCUT2D eigenvalue weighted by molar-refractivity contribution is 6.31. The van der Waals surface area contributed by atoms with Crippen molar-refractivity contribution in [2.24, 2.45) is 5.92 Å². The van der Waals surface area contributed by atoms with Gasteiger partial charge in [-0.3, -0.25) is 14.5 Å². The molecular weight excluding hydrogens is 454 g/mol. The molecule has 0 atom stereocenters. The fourth-order valence-electron chi connectivity index (χ4n) is 4.75. The van der Waals surface area contributed by atoms with E-state index in [0.29, 0.717) is 42.3 Å². The van der Waals surface area contributed by atoms with E-state index in [2.05, 4.69) is 16.7 Å². The van der Waals surface area contributed by atoms with E-state index in [-0.39, 0.29) is 17.7 Å². The number of ether oxygens (including phenoxy) is 2. The highest BCUT2D eigenvalue weighted by Gasteiger charge is 2.31. The van der Waals surface area contributed by atoms with Gasteiger partial charge < -0.3 is 19.3 Å². The summed E-state index contributed by atoms with van der Waals surface area (Å²) in [7, 11) is 1.55. The molecule has 2 aliphatic heterocycles. The molecule has 2 heterocycles. The van der Waals surface area contributed by atoms with Crippen LogP contribution in [0.25, 0.3) is 0 Å². The smallest absolute Gasteiger partial charge is 0.257 e. The number of halogens is 1. The van der Waals surface area contributed by atoms with Crippen LogP contribution in [0.3, 0.4) is 0 Å². The monoisotopic (exact) mass is 493 g/mol. The number of likely N-dealkylation sites (tertiary alicyclic amines) is 1. The highest BCUT2D eigenvalue weighted by Crippen LogP contribution is 2.27. The largest absolute Gasteiger partial charge is 0.496 e. The maximum absolute atomic E-state index is 13.5. The Labute approximate surface area is 209 Å². The van der Waals surface area contributed by atoms with Crippen LogP contribution in [0.5, 0.6) is 5.75 Å². The molecule has 0 aliphatic carbocycles. The topological polar surface area (TPSA) is 62.3 Å². The van der Waals surface area contributed by atoms with Crippen molar-refractivity contribution in [3.05, 3.63) is 28.8 Å². The standard InChI is InChI=1S/C26H40ClN3O4/c1-3-4-5-6-11-29(15-14-28-16-18-34-19-17-28)25(31)21-9-12-30(13-10-21)26(32)23-20-22(27)7-8-24(23)33-2/h7-8,20-21H,3-6,9-19H2,1-2H3. The zero-order valence-electron chi connectivity index (χ0n) is 20.8. The molecule has 1 aromatic rings. The van der Waals surface area contributed by atoms with Crippen LogP contribution >= 0.6 is 11.6 Å². The maximum Gasteiger partial charge on any atom is 0.257 e. The van der Waals surface area contributed by atoms with Gasteiger partial charge >= 0.3 is 0 Å². The normalized spacial score (nSPS) is 17.6. The highest BCUT2D eigenvalue weighted by atomic mass is 35.5. The second kappa shape index (κ2) is 13.9. The lowest BCUT2D eigenvalue weighted by molar-refractivity contribution is -0.137. The molecule has 8 heteroatoms. The van der Waals surface area contributed by atoms with Gasteiger partial charge in [-0.2, -0.15) is 0 Å². The minimum absolute atomic E-state index is 0.0267. The molecule has 0 radical (unpaired) electrons. The predicted octanol–water partition coefficient (Wildman–Crippen LogP) is 3.94. The van der Waals surface area contributed by atoms with Gasteiger partial charge in [0.15, 0.2) is 0 Å². The second-order valence-corrected chi connectivity index (χ2v) is 9.69. The Balaban J connectivity index is 1.56. The third kappa shape index (κ3) is 7.59. The van der Waals surface area contributed by atoms with Gasteiger partial charge in [-0.15, -0.1) is 0 Å². The van der Waals surface area contributed by atoms with Crippen LogP contribution in [-0.4, -0.2) is 92.7 Å². The summed E-state index contributed by atoms with van der Waals surface area (Å²) in [6.07, 6.45) is 5.98. The number of amides is 2. The minimum Gasteiger partial charge on any atom is -0.496 e. The molecular formula is C26H40ClN3O4. The first-order valence-electron chi connectivity index (χ1n) is 12.7. The number of rotatable bonds is 11. The van der Waals surface area contributed by atoms with Crippen LogP contribution < -0.4 is 4.74 Å². The van der Waals surface area contributed by atoms with Crippen LogP contribution in [0.4, 0.5) is 0 Å². The molecule has 2 saturated heterocycles. The quantitative estimate of drug-likeness (QED) is 0.437. The number of hydrogen-bond donors (Lipinski definition) is 0. The average Bonchev–Trinajstić information content (AvgIpc) is 2.88. The Bertz CT molecular complexity index is 792. The van der Waals surface area contributed by atoms with E-state index in [1.54, 1.807) is 25.3 Å². The Morgan fingerprint density at radius 2 is 1.82 bits per heavy atom. The molecule has 0 N–H and O–H groups in total. The van der Waals surface area contributed by atoms with Crippen molar-refractivity contribution < 1.29 is 19.1 Å².